The first-order chi connectivity index (χ1) is 13.1. The molecule has 136 valence electrons. The van der Waals surface area contributed by atoms with Crippen LogP contribution >= 0.6 is 11.3 Å². The van der Waals surface area contributed by atoms with Gasteiger partial charge >= 0.3 is 0 Å². The highest BCUT2D eigenvalue weighted by atomic mass is 32.1. The molecule has 0 radical (unpaired) electrons. The van der Waals surface area contributed by atoms with Crippen LogP contribution in [0.2, 0.25) is 0 Å². The predicted molar refractivity (Wildman–Crippen MR) is 98.4 cm³/mol. The van der Waals surface area contributed by atoms with Gasteiger partial charge in [0.25, 0.3) is 5.91 Å². The maximum absolute atomic E-state index is 13.9. The quantitative estimate of drug-likeness (QED) is 0.717. The Morgan fingerprint density at radius 2 is 1.85 bits per heavy atom. The molecule has 0 saturated carbocycles. The number of nitrogens with zero attached hydrogens (tertiary/aromatic N) is 2. The molecule has 3 aromatic rings. The highest BCUT2D eigenvalue weighted by molar-refractivity contribution is 7.14. The van der Waals surface area contributed by atoms with Gasteiger partial charge in [0.2, 0.25) is 0 Å². The second-order valence-corrected chi connectivity index (χ2v) is 6.69. The van der Waals surface area contributed by atoms with Crippen LogP contribution < -0.4 is 5.32 Å². The van der Waals surface area contributed by atoms with Crippen molar-refractivity contribution in [3.8, 4) is 11.3 Å². The van der Waals surface area contributed by atoms with Gasteiger partial charge in [-0.3, -0.25) is 10.1 Å². The Labute approximate surface area is 157 Å². The molecule has 5 nitrogen and oxygen atoms in total. The minimum atomic E-state index is -0.711. The van der Waals surface area contributed by atoms with Gasteiger partial charge in [-0.25, -0.2) is 13.8 Å². The Kier molecular flexibility index (Phi) is 4.64. The summed E-state index contributed by atoms with van der Waals surface area (Å²) in [5.74, 6) is -1.88. The van der Waals surface area contributed by atoms with Crippen molar-refractivity contribution in [1.82, 2.24) is 4.98 Å². The Balaban J connectivity index is 1.45. The van der Waals surface area contributed by atoms with Crippen LogP contribution in [-0.4, -0.2) is 16.6 Å². The summed E-state index contributed by atoms with van der Waals surface area (Å²) in [5, 5.41) is 8.15. The van der Waals surface area contributed by atoms with Gasteiger partial charge in [0.1, 0.15) is 17.3 Å². The summed E-state index contributed by atoms with van der Waals surface area (Å²) in [6.07, 6.45) is 0.0158. The highest BCUT2D eigenvalue weighted by Crippen LogP contribution is 2.30. The van der Waals surface area contributed by atoms with Crippen molar-refractivity contribution in [2.24, 2.45) is 5.16 Å². The first-order valence-corrected chi connectivity index (χ1v) is 8.98. The summed E-state index contributed by atoms with van der Waals surface area (Å²) in [7, 11) is 0. The molecule has 1 aliphatic rings. The molecule has 2 heterocycles. The Bertz CT molecular complexity index is 1000. The van der Waals surface area contributed by atoms with Crippen LogP contribution in [0.3, 0.4) is 0 Å². The number of amides is 1. The number of aromatic nitrogens is 1. The standard InChI is InChI=1S/C19H13F2N3O2S/c20-12-7-4-8-13(21)17(12)15-10-27-19(22-15)23-18(25)14-9-16(26-24-14)11-5-2-1-3-6-11/h1-8,10,16H,9H2,(H,22,23,25). The molecule has 0 saturated heterocycles. The average molecular weight is 385 g/mol. The maximum Gasteiger partial charge on any atom is 0.275 e. The molecule has 0 bridgehead atoms. The van der Waals surface area contributed by atoms with Gasteiger partial charge in [-0.05, 0) is 17.7 Å². The Hall–Kier alpha value is -3.13. The zero-order chi connectivity index (χ0) is 18.8. The maximum atomic E-state index is 13.9. The van der Waals surface area contributed by atoms with E-state index < -0.39 is 17.5 Å². The normalized spacial score (nSPS) is 15.9. The number of hydrogen-bond donors (Lipinski definition) is 1. The smallest absolute Gasteiger partial charge is 0.275 e. The second-order valence-electron chi connectivity index (χ2n) is 5.84. The van der Waals surface area contributed by atoms with Crippen LogP contribution in [0.15, 0.2) is 59.1 Å². The van der Waals surface area contributed by atoms with Crippen LogP contribution in [0, 0.1) is 11.6 Å². The van der Waals surface area contributed by atoms with E-state index in [0.717, 1.165) is 29.0 Å². The first kappa shape index (κ1) is 17.3. The lowest BCUT2D eigenvalue weighted by molar-refractivity contribution is -0.110. The molecule has 0 spiro atoms. The van der Waals surface area contributed by atoms with Gasteiger partial charge in [0.05, 0.1) is 11.3 Å². The van der Waals surface area contributed by atoms with Gasteiger partial charge in [-0.1, -0.05) is 41.6 Å². The van der Waals surface area contributed by atoms with Crippen LogP contribution in [0.5, 0.6) is 0 Å². The number of nitrogens with one attached hydrogen (secondary N) is 1. The van der Waals surface area contributed by atoms with Crippen molar-refractivity contribution in [1.29, 1.82) is 0 Å². The van der Waals surface area contributed by atoms with E-state index in [2.05, 4.69) is 15.5 Å². The number of anilines is 1. The minimum Gasteiger partial charge on any atom is -0.387 e. The summed E-state index contributed by atoms with van der Waals surface area (Å²) in [6, 6.07) is 13.1. The number of carbonyl (C=O) groups is 1. The molecule has 1 N–H and O–H groups in total. The fourth-order valence-corrected chi connectivity index (χ4v) is 3.41. The number of carbonyl (C=O) groups excluding carboxylic acids is 1. The van der Waals surface area contributed by atoms with Crippen LogP contribution in [0.25, 0.3) is 11.3 Å². The lowest BCUT2D eigenvalue weighted by Gasteiger charge is -2.07. The van der Waals surface area contributed by atoms with Crippen LogP contribution in [0.1, 0.15) is 18.1 Å². The molecule has 0 aliphatic carbocycles. The monoisotopic (exact) mass is 385 g/mol. The summed E-state index contributed by atoms with van der Waals surface area (Å²) in [5.41, 5.74) is 1.06. The predicted octanol–water partition coefficient (Wildman–Crippen LogP) is 4.54. The van der Waals surface area contributed by atoms with Crippen molar-refractivity contribution in [3.05, 3.63) is 71.1 Å². The number of rotatable bonds is 4. The lowest BCUT2D eigenvalue weighted by Crippen LogP contribution is -2.21. The summed E-state index contributed by atoms with van der Waals surface area (Å²) in [4.78, 5) is 21.8. The van der Waals surface area contributed by atoms with Crippen molar-refractivity contribution in [3.63, 3.8) is 0 Å². The van der Waals surface area contributed by atoms with Gasteiger partial charge in [-0.2, -0.15) is 0 Å². The van der Waals surface area contributed by atoms with Crippen molar-refractivity contribution >= 4 is 28.1 Å². The largest absolute Gasteiger partial charge is 0.387 e. The third-order valence-corrected chi connectivity index (χ3v) is 4.80. The van der Waals surface area contributed by atoms with E-state index in [9.17, 15) is 13.6 Å². The summed E-state index contributed by atoms with van der Waals surface area (Å²) in [6.45, 7) is 0. The topological polar surface area (TPSA) is 63.6 Å². The van der Waals surface area contributed by atoms with Crippen molar-refractivity contribution in [2.45, 2.75) is 12.5 Å². The van der Waals surface area contributed by atoms with Gasteiger partial charge in [-0.15, -0.1) is 11.3 Å². The molecule has 2 aromatic carbocycles. The van der Waals surface area contributed by atoms with Gasteiger partial charge in [0, 0.05) is 11.8 Å². The Morgan fingerprint density at radius 1 is 1.11 bits per heavy atom. The number of oxime groups is 1. The average Bonchev–Trinajstić information content (AvgIpc) is 3.32. The van der Waals surface area contributed by atoms with Crippen molar-refractivity contribution in [2.75, 3.05) is 5.32 Å². The first-order valence-electron chi connectivity index (χ1n) is 8.10. The summed E-state index contributed by atoms with van der Waals surface area (Å²) < 4.78 is 27.7. The lowest BCUT2D eigenvalue weighted by atomic mass is 10.0. The molecule has 1 unspecified atom stereocenters. The molecular formula is C19H13F2N3O2S. The van der Waals surface area contributed by atoms with E-state index in [1.807, 2.05) is 30.3 Å². The fraction of sp³-hybridized carbons (Fsp3) is 0.105. The number of thiazole rings is 1. The van der Waals surface area contributed by atoms with E-state index in [-0.39, 0.29) is 28.2 Å². The molecule has 1 aromatic heterocycles. The number of halogens is 2. The third-order valence-electron chi connectivity index (χ3n) is 4.05. The minimum absolute atomic E-state index is 0.123. The molecule has 1 amide bonds. The molecule has 4 rings (SSSR count). The van der Waals surface area contributed by atoms with Crippen molar-refractivity contribution < 1.29 is 18.4 Å². The second kappa shape index (κ2) is 7.24. The molecular weight excluding hydrogens is 372 g/mol. The van der Waals surface area contributed by atoms with E-state index >= 15 is 0 Å². The van der Waals surface area contributed by atoms with E-state index in [1.54, 1.807) is 0 Å². The SMILES string of the molecule is O=C(Nc1nc(-c2c(F)cccc2F)cs1)C1=NOC(c2ccccc2)C1. The molecule has 0 fully saturated rings. The van der Waals surface area contributed by atoms with Gasteiger partial charge in [0.15, 0.2) is 11.2 Å². The Morgan fingerprint density at radius 3 is 2.59 bits per heavy atom. The van der Waals surface area contributed by atoms with E-state index in [4.69, 9.17) is 4.84 Å². The molecule has 1 atom stereocenters. The highest BCUT2D eigenvalue weighted by Gasteiger charge is 2.28. The van der Waals surface area contributed by atoms with Gasteiger partial charge < -0.3 is 4.84 Å². The third kappa shape index (κ3) is 3.56. The number of hydrogen-bond acceptors (Lipinski definition) is 5. The zero-order valence-electron chi connectivity index (χ0n) is 13.9. The van der Waals surface area contributed by atoms with Crippen LogP contribution in [-0.2, 0) is 9.63 Å². The summed E-state index contributed by atoms with van der Waals surface area (Å²) >= 11 is 1.07. The molecule has 8 heteroatoms. The van der Waals surface area contributed by atoms with Crippen LogP contribution in [0.4, 0.5) is 13.9 Å². The van der Waals surface area contributed by atoms with E-state index in [1.165, 1.54) is 11.4 Å². The number of benzene rings is 2. The molecule has 27 heavy (non-hydrogen) atoms. The fourth-order valence-electron chi connectivity index (χ4n) is 2.72. The van der Waals surface area contributed by atoms with E-state index in [0.29, 0.717) is 6.42 Å². The molecule has 1 aliphatic heterocycles. The zero-order valence-corrected chi connectivity index (χ0v) is 14.7.